The van der Waals surface area contributed by atoms with Gasteiger partial charge >= 0.3 is 23.4 Å². The molecule has 2 aromatic carbocycles. The second kappa shape index (κ2) is 14.8. The fraction of sp³-hybridized carbons (Fsp3) is 0.208. The molecule has 1 aromatic heterocycles. The SMILES string of the molecule is CC(=Nc1ccccc1C)c1ccc(C(C)=Nc2ccccc2C)[n-]1.O=S([O-])OC(F)(F)F.[CH3-].[Fe+3]. The van der Waals surface area contributed by atoms with Crippen molar-refractivity contribution in [3.63, 3.8) is 0 Å². The van der Waals surface area contributed by atoms with Gasteiger partial charge in [0.05, 0.1) is 22.7 Å². The van der Waals surface area contributed by atoms with Gasteiger partial charge in [-0.2, -0.15) is 0 Å². The van der Waals surface area contributed by atoms with Gasteiger partial charge in [-0.1, -0.05) is 48.5 Å². The normalized spacial score (nSPS) is 12.6. The number of rotatable bonds is 5. The van der Waals surface area contributed by atoms with Crippen molar-refractivity contribution in [2.75, 3.05) is 0 Å². The van der Waals surface area contributed by atoms with E-state index >= 15 is 0 Å². The second-order valence-corrected chi connectivity index (χ2v) is 7.49. The van der Waals surface area contributed by atoms with Crippen molar-refractivity contribution in [3.8, 4) is 0 Å². The van der Waals surface area contributed by atoms with Gasteiger partial charge < -0.3 is 17.0 Å². The third-order valence-electron chi connectivity index (χ3n) is 4.35. The maximum atomic E-state index is 10.7. The summed E-state index contributed by atoms with van der Waals surface area (Å²) in [7, 11) is 0. The van der Waals surface area contributed by atoms with Gasteiger partial charge in [0.15, 0.2) is 0 Å². The average Bonchev–Trinajstić information content (AvgIpc) is 3.21. The van der Waals surface area contributed by atoms with Crippen LogP contribution in [0.15, 0.2) is 70.6 Å². The van der Waals surface area contributed by atoms with Crippen LogP contribution in [0.25, 0.3) is 0 Å². The summed E-state index contributed by atoms with van der Waals surface area (Å²) >= 11 is -3.51. The number of aliphatic imine (C=N–C) groups is 2. The van der Waals surface area contributed by atoms with Crippen LogP contribution in [0, 0.1) is 21.3 Å². The van der Waals surface area contributed by atoms with E-state index in [1.807, 2.05) is 62.4 Å². The van der Waals surface area contributed by atoms with Crippen LogP contribution in [0.2, 0.25) is 0 Å². The number of hydrogen-bond donors (Lipinski definition) is 0. The number of benzene rings is 2. The van der Waals surface area contributed by atoms with Gasteiger partial charge in [-0.15, -0.1) is 24.6 Å². The summed E-state index contributed by atoms with van der Waals surface area (Å²) in [6.45, 7) is 8.11. The van der Waals surface area contributed by atoms with Crippen LogP contribution in [-0.2, 0) is 32.6 Å². The van der Waals surface area contributed by atoms with Crippen LogP contribution >= 0.6 is 0 Å². The monoisotopic (exact) mass is 548 g/mol. The molecule has 0 spiro atoms. The minimum Gasteiger partial charge on any atom is -0.750 e. The molecule has 0 aliphatic carbocycles. The van der Waals surface area contributed by atoms with Crippen molar-refractivity contribution in [2.45, 2.75) is 34.1 Å². The number of para-hydroxylation sites is 2. The Morgan fingerprint density at radius 1 is 0.857 bits per heavy atom. The first-order chi connectivity index (χ1) is 15.5. The molecule has 1 heterocycles. The summed E-state index contributed by atoms with van der Waals surface area (Å²) in [6, 6.07) is 20.2. The zero-order valence-corrected chi connectivity index (χ0v) is 21.7. The molecule has 0 aliphatic heterocycles. The van der Waals surface area contributed by atoms with E-state index in [1.165, 1.54) is 0 Å². The number of aromatic nitrogens is 1. The molecule has 0 saturated carbocycles. The summed E-state index contributed by atoms with van der Waals surface area (Å²) in [5.41, 5.74) is 7.87. The fourth-order valence-corrected chi connectivity index (χ4v) is 2.85. The van der Waals surface area contributed by atoms with Gasteiger partial charge in [-0.05, 0) is 51.0 Å². The molecule has 3 aromatic rings. The maximum Gasteiger partial charge on any atom is 3.00 e. The van der Waals surface area contributed by atoms with Gasteiger partial charge in [-0.25, -0.2) is 8.39 Å². The van der Waals surface area contributed by atoms with Gasteiger partial charge in [0.25, 0.3) is 0 Å². The summed E-state index contributed by atoms with van der Waals surface area (Å²) in [5, 5.41) is 0. The van der Waals surface area contributed by atoms with E-state index in [0.717, 1.165) is 45.3 Å². The molecule has 6 nitrogen and oxygen atoms in total. The molecular weight excluding hydrogens is 523 g/mol. The Morgan fingerprint density at radius 3 is 1.51 bits per heavy atom. The molecule has 1 radical (unpaired) electrons. The van der Waals surface area contributed by atoms with Crippen molar-refractivity contribution in [3.05, 3.63) is 90.6 Å². The smallest absolute Gasteiger partial charge is 0.750 e. The molecule has 11 heteroatoms. The van der Waals surface area contributed by atoms with Crippen LogP contribution in [0.1, 0.15) is 36.4 Å². The Kier molecular flexibility index (Phi) is 13.7. The molecule has 0 saturated heterocycles. The minimum absolute atomic E-state index is 0. The van der Waals surface area contributed by atoms with E-state index < -0.39 is 17.7 Å². The number of alkyl halides is 3. The first kappa shape index (κ1) is 32.4. The van der Waals surface area contributed by atoms with Gasteiger partial charge in [0.1, 0.15) is 0 Å². The third-order valence-corrected chi connectivity index (χ3v) is 4.68. The van der Waals surface area contributed by atoms with Crippen LogP contribution in [0.4, 0.5) is 24.5 Å². The summed E-state index contributed by atoms with van der Waals surface area (Å²) in [4.78, 5) is 14.1. The number of halogens is 3. The van der Waals surface area contributed by atoms with E-state index in [1.54, 1.807) is 0 Å². The topological polar surface area (TPSA) is 88.2 Å². The summed E-state index contributed by atoms with van der Waals surface area (Å²) in [6.07, 6.45) is -5.09. The molecular formula is C24H25F3FeN3O3S. The first-order valence-corrected chi connectivity index (χ1v) is 10.7. The van der Waals surface area contributed by atoms with Crippen molar-refractivity contribution in [1.29, 1.82) is 0 Å². The number of hydrogen-bond acceptors (Lipinski definition) is 5. The standard InChI is InChI=1S/C22H22N3.CHF3O3S.CH3.Fe/c1-15-9-5-7-11-19(15)23-17(3)21-13-14-22(25-21)18(4)24-20-12-8-6-10-16(20)2;2-1(3,4)7-8(5)6;;/h5-14H,1-4H3;(H,5,6);1H3;/q-1;;-1;+3/p-1. The molecule has 0 amide bonds. The second-order valence-electron chi connectivity index (χ2n) is 6.92. The Balaban J connectivity index is 0.00000101. The zero-order chi connectivity index (χ0) is 24.6. The molecule has 3 rings (SSSR count). The summed E-state index contributed by atoms with van der Waals surface area (Å²) in [5.74, 6) is 0. The maximum absolute atomic E-state index is 10.7. The van der Waals surface area contributed by atoms with Gasteiger partial charge in [0.2, 0.25) is 0 Å². The number of nitrogens with zero attached hydrogens (tertiary/aromatic N) is 3. The van der Waals surface area contributed by atoms with Gasteiger partial charge in [0, 0.05) is 11.4 Å². The molecule has 0 bridgehead atoms. The van der Waals surface area contributed by atoms with E-state index in [9.17, 15) is 13.2 Å². The molecule has 0 aliphatic rings. The Hall–Kier alpha value is -2.56. The van der Waals surface area contributed by atoms with Crippen LogP contribution in [-0.4, -0.2) is 26.5 Å². The molecule has 0 N–H and O–H groups in total. The quantitative estimate of drug-likeness (QED) is 0.162. The average molecular weight is 548 g/mol. The van der Waals surface area contributed by atoms with E-state index in [2.05, 4.69) is 30.2 Å². The molecule has 35 heavy (non-hydrogen) atoms. The van der Waals surface area contributed by atoms with Crippen LogP contribution in [0.5, 0.6) is 0 Å². The van der Waals surface area contributed by atoms with E-state index in [-0.39, 0.29) is 24.5 Å². The predicted octanol–water partition coefficient (Wildman–Crippen LogP) is 6.31. The fourth-order valence-electron chi connectivity index (χ4n) is 2.70. The van der Waals surface area contributed by atoms with Crippen molar-refractivity contribution >= 4 is 34.2 Å². The Morgan fingerprint density at radius 2 is 1.23 bits per heavy atom. The van der Waals surface area contributed by atoms with Crippen molar-refractivity contribution in [2.24, 2.45) is 9.98 Å². The van der Waals surface area contributed by atoms with Gasteiger partial charge in [-0.3, -0.25) is 9.98 Å². The Bertz CT molecular complexity index is 1100. The first-order valence-electron chi connectivity index (χ1n) is 9.68. The number of aryl methyl sites for hydroxylation is 2. The molecule has 1 atom stereocenters. The zero-order valence-electron chi connectivity index (χ0n) is 19.7. The van der Waals surface area contributed by atoms with Crippen LogP contribution in [0.3, 0.4) is 0 Å². The van der Waals surface area contributed by atoms with Crippen molar-refractivity contribution in [1.82, 2.24) is 4.98 Å². The third kappa shape index (κ3) is 11.1. The van der Waals surface area contributed by atoms with Crippen molar-refractivity contribution < 1.29 is 43.2 Å². The minimum atomic E-state index is -5.09. The Labute approximate surface area is 216 Å². The van der Waals surface area contributed by atoms with E-state index in [4.69, 9.17) is 23.7 Å². The van der Waals surface area contributed by atoms with Crippen LogP contribution < -0.4 is 4.98 Å². The molecule has 0 fully saturated rings. The molecule has 1 unspecified atom stereocenters. The predicted molar refractivity (Wildman–Crippen MR) is 128 cm³/mol. The largest absolute Gasteiger partial charge is 3.00 e. The molecule has 189 valence electrons. The summed E-state index contributed by atoms with van der Waals surface area (Å²) < 4.78 is 52.6. The van der Waals surface area contributed by atoms with E-state index in [0.29, 0.717) is 0 Å².